The van der Waals surface area contributed by atoms with Crippen molar-refractivity contribution in [2.24, 2.45) is 0 Å². The molecule has 150 valence electrons. The summed E-state index contributed by atoms with van der Waals surface area (Å²) in [4.78, 5) is 38.0. The van der Waals surface area contributed by atoms with Crippen molar-refractivity contribution >= 4 is 17.7 Å². The first kappa shape index (κ1) is 19.0. The Labute approximate surface area is 164 Å². The first-order valence-corrected chi connectivity index (χ1v) is 9.78. The summed E-state index contributed by atoms with van der Waals surface area (Å²) in [5.41, 5.74) is 2.62. The molecule has 3 amide bonds. The average Bonchev–Trinajstić information content (AvgIpc) is 3.02. The maximum Gasteiger partial charge on any atom is 0.255 e. The van der Waals surface area contributed by atoms with E-state index in [0.717, 1.165) is 30.6 Å². The number of methoxy groups -OCH3 is 1. The molecule has 3 N–H and O–H groups in total. The fourth-order valence-corrected chi connectivity index (χ4v) is 4.21. The van der Waals surface area contributed by atoms with Crippen molar-refractivity contribution < 1.29 is 19.1 Å². The number of imide groups is 1. The SMILES string of the molecule is CO[C@@H]1CNC[C@@H](NCc2ccc3c(c2)C(=O)N(C2CCC(=O)NC2=O)C3)C1. The van der Waals surface area contributed by atoms with Crippen molar-refractivity contribution in [3.8, 4) is 0 Å². The summed E-state index contributed by atoms with van der Waals surface area (Å²) < 4.78 is 5.43. The number of ether oxygens (including phenoxy) is 1. The number of hydrogen-bond acceptors (Lipinski definition) is 6. The molecule has 2 fully saturated rings. The van der Waals surface area contributed by atoms with Gasteiger partial charge in [0.15, 0.2) is 0 Å². The summed E-state index contributed by atoms with van der Waals surface area (Å²) in [5.74, 6) is -0.784. The topological polar surface area (TPSA) is 99.8 Å². The first-order chi connectivity index (χ1) is 13.5. The van der Waals surface area contributed by atoms with E-state index in [-0.39, 0.29) is 30.2 Å². The monoisotopic (exact) mass is 386 g/mol. The van der Waals surface area contributed by atoms with Crippen LogP contribution in [0.25, 0.3) is 0 Å². The van der Waals surface area contributed by atoms with Gasteiger partial charge in [0, 0.05) is 51.3 Å². The molecule has 8 nitrogen and oxygen atoms in total. The molecule has 0 aromatic heterocycles. The number of benzene rings is 1. The van der Waals surface area contributed by atoms with E-state index < -0.39 is 6.04 Å². The zero-order valence-electron chi connectivity index (χ0n) is 16.0. The van der Waals surface area contributed by atoms with E-state index in [1.807, 2.05) is 18.2 Å². The average molecular weight is 386 g/mol. The van der Waals surface area contributed by atoms with Crippen molar-refractivity contribution in [3.63, 3.8) is 0 Å². The molecule has 3 atom stereocenters. The number of piperidine rings is 2. The van der Waals surface area contributed by atoms with Crippen molar-refractivity contribution in [2.45, 2.75) is 50.5 Å². The normalized spacial score (nSPS) is 27.7. The van der Waals surface area contributed by atoms with Crippen LogP contribution in [0.1, 0.15) is 40.7 Å². The number of carbonyl (C=O) groups excluding carboxylic acids is 3. The quantitative estimate of drug-likeness (QED) is 0.612. The van der Waals surface area contributed by atoms with Gasteiger partial charge in [-0.3, -0.25) is 19.7 Å². The first-order valence-electron chi connectivity index (χ1n) is 9.78. The number of rotatable bonds is 5. The van der Waals surface area contributed by atoms with E-state index >= 15 is 0 Å². The number of nitrogens with zero attached hydrogens (tertiary/aromatic N) is 1. The third-order valence-electron chi connectivity index (χ3n) is 5.83. The molecule has 0 spiro atoms. The van der Waals surface area contributed by atoms with Crippen LogP contribution in [0.2, 0.25) is 0 Å². The highest BCUT2D eigenvalue weighted by atomic mass is 16.5. The third kappa shape index (κ3) is 3.80. The van der Waals surface area contributed by atoms with E-state index in [1.54, 1.807) is 12.0 Å². The van der Waals surface area contributed by atoms with Crippen LogP contribution in [-0.2, 0) is 27.4 Å². The second-order valence-corrected chi connectivity index (χ2v) is 7.72. The molecule has 8 heteroatoms. The Balaban J connectivity index is 1.40. The molecule has 2 saturated heterocycles. The van der Waals surface area contributed by atoms with Gasteiger partial charge in [0.25, 0.3) is 5.91 Å². The molecule has 0 aliphatic carbocycles. The molecule has 1 unspecified atom stereocenters. The van der Waals surface area contributed by atoms with Gasteiger partial charge in [-0.25, -0.2) is 0 Å². The van der Waals surface area contributed by atoms with Crippen LogP contribution in [0.4, 0.5) is 0 Å². The second-order valence-electron chi connectivity index (χ2n) is 7.72. The standard InChI is InChI=1S/C20H26N4O4/c1-28-15-7-14(9-21-10-15)22-8-12-2-3-13-11-24(20(27)16(13)6-12)17-4-5-18(25)23-19(17)26/h2-3,6,14-15,17,21-22H,4-5,7-11H2,1H3,(H,23,25,26)/t14-,15-,17?/m0/s1. The number of fused-ring (bicyclic) bond motifs is 1. The minimum Gasteiger partial charge on any atom is -0.380 e. The summed E-state index contributed by atoms with van der Waals surface area (Å²) in [7, 11) is 1.73. The van der Waals surface area contributed by atoms with E-state index in [1.165, 1.54) is 0 Å². The Bertz CT molecular complexity index is 796. The Kier molecular flexibility index (Phi) is 5.43. The predicted octanol–water partition coefficient (Wildman–Crippen LogP) is -0.0859. The molecular weight excluding hydrogens is 360 g/mol. The van der Waals surface area contributed by atoms with Gasteiger partial charge in [-0.15, -0.1) is 0 Å². The zero-order chi connectivity index (χ0) is 19.7. The van der Waals surface area contributed by atoms with Crippen LogP contribution in [0.15, 0.2) is 18.2 Å². The lowest BCUT2D eigenvalue weighted by Gasteiger charge is -2.29. The smallest absolute Gasteiger partial charge is 0.255 e. The minimum atomic E-state index is -0.571. The summed E-state index contributed by atoms with van der Waals surface area (Å²) in [6.07, 6.45) is 1.82. The largest absolute Gasteiger partial charge is 0.380 e. The van der Waals surface area contributed by atoms with Crippen LogP contribution in [0, 0.1) is 0 Å². The second kappa shape index (κ2) is 7.98. The van der Waals surface area contributed by atoms with E-state index in [0.29, 0.717) is 31.1 Å². The third-order valence-corrected chi connectivity index (χ3v) is 5.83. The Morgan fingerprint density at radius 2 is 2.11 bits per heavy atom. The molecule has 0 saturated carbocycles. The molecule has 3 aliphatic rings. The van der Waals surface area contributed by atoms with E-state index in [9.17, 15) is 14.4 Å². The molecule has 4 rings (SSSR count). The summed E-state index contributed by atoms with van der Waals surface area (Å²) >= 11 is 0. The van der Waals surface area contributed by atoms with Gasteiger partial charge in [-0.05, 0) is 30.0 Å². The molecule has 0 bridgehead atoms. The molecule has 28 heavy (non-hydrogen) atoms. The molecule has 0 radical (unpaired) electrons. The van der Waals surface area contributed by atoms with Crippen LogP contribution in [0.5, 0.6) is 0 Å². The molecule has 3 heterocycles. The van der Waals surface area contributed by atoms with E-state index in [4.69, 9.17) is 4.74 Å². The molecular formula is C20H26N4O4. The lowest BCUT2D eigenvalue weighted by molar-refractivity contribution is -0.136. The Morgan fingerprint density at radius 1 is 1.25 bits per heavy atom. The van der Waals surface area contributed by atoms with Crippen LogP contribution < -0.4 is 16.0 Å². The fourth-order valence-electron chi connectivity index (χ4n) is 4.21. The van der Waals surface area contributed by atoms with Gasteiger partial charge in [0.1, 0.15) is 6.04 Å². The van der Waals surface area contributed by atoms with Crippen molar-refractivity contribution in [3.05, 3.63) is 34.9 Å². The molecule has 1 aromatic carbocycles. The summed E-state index contributed by atoms with van der Waals surface area (Å²) in [5, 5.41) is 9.22. The molecule has 1 aromatic rings. The van der Waals surface area contributed by atoms with Gasteiger partial charge in [0.05, 0.1) is 6.10 Å². The maximum absolute atomic E-state index is 12.9. The van der Waals surface area contributed by atoms with Crippen molar-refractivity contribution in [1.82, 2.24) is 20.9 Å². The van der Waals surface area contributed by atoms with Gasteiger partial charge < -0.3 is 20.3 Å². The Hall–Kier alpha value is -2.29. The van der Waals surface area contributed by atoms with Gasteiger partial charge in [-0.1, -0.05) is 12.1 Å². The van der Waals surface area contributed by atoms with E-state index in [2.05, 4.69) is 16.0 Å². The molecule has 3 aliphatic heterocycles. The number of amides is 3. The number of nitrogens with one attached hydrogen (secondary N) is 3. The highest BCUT2D eigenvalue weighted by Crippen LogP contribution is 2.28. The fraction of sp³-hybridized carbons (Fsp3) is 0.550. The maximum atomic E-state index is 12.9. The predicted molar refractivity (Wildman–Crippen MR) is 101 cm³/mol. The highest BCUT2D eigenvalue weighted by molar-refractivity contribution is 6.05. The van der Waals surface area contributed by atoms with Crippen LogP contribution in [-0.4, -0.2) is 61.0 Å². The lowest BCUT2D eigenvalue weighted by atomic mass is 10.0. The lowest BCUT2D eigenvalue weighted by Crippen LogP contribution is -2.52. The van der Waals surface area contributed by atoms with Gasteiger partial charge >= 0.3 is 0 Å². The van der Waals surface area contributed by atoms with Crippen molar-refractivity contribution in [1.29, 1.82) is 0 Å². The van der Waals surface area contributed by atoms with Crippen LogP contribution in [0.3, 0.4) is 0 Å². The van der Waals surface area contributed by atoms with Crippen LogP contribution >= 0.6 is 0 Å². The summed E-state index contributed by atoms with van der Waals surface area (Å²) in [6.45, 7) is 2.85. The number of carbonyl (C=O) groups is 3. The summed E-state index contributed by atoms with van der Waals surface area (Å²) in [6, 6.07) is 5.66. The Morgan fingerprint density at radius 3 is 2.89 bits per heavy atom. The minimum absolute atomic E-state index is 0.134. The van der Waals surface area contributed by atoms with Crippen molar-refractivity contribution in [2.75, 3.05) is 20.2 Å². The highest BCUT2D eigenvalue weighted by Gasteiger charge is 2.39. The van der Waals surface area contributed by atoms with Gasteiger partial charge in [-0.2, -0.15) is 0 Å². The zero-order valence-corrected chi connectivity index (χ0v) is 16.0. The number of hydrogen-bond donors (Lipinski definition) is 3. The van der Waals surface area contributed by atoms with Gasteiger partial charge in [0.2, 0.25) is 11.8 Å².